The fourth-order valence-electron chi connectivity index (χ4n) is 2.26. The van der Waals surface area contributed by atoms with Gasteiger partial charge in [0.1, 0.15) is 6.10 Å². The molecule has 102 valence electrons. The second kappa shape index (κ2) is 6.02. The monoisotopic (exact) mass is 260 g/mol. The largest absolute Gasteiger partial charge is 0.398 e. The Morgan fingerprint density at radius 1 is 1.11 bits per heavy atom. The van der Waals surface area contributed by atoms with Crippen LogP contribution in [0.5, 0.6) is 0 Å². The van der Waals surface area contributed by atoms with Crippen LogP contribution in [0.15, 0.2) is 36.4 Å². The molecule has 2 aromatic rings. The molecule has 0 fully saturated rings. The first-order valence-corrected chi connectivity index (χ1v) is 6.43. The molecule has 19 heavy (non-hydrogen) atoms. The van der Waals surface area contributed by atoms with Gasteiger partial charge in [0.2, 0.25) is 0 Å². The number of benzene rings is 2. The van der Waals surface area contributed by atoms with E-state index in [0.717, 1.165) is 10.8 Å². The lowest BCUT2D eigenvalue weighted by atomic mass is 9.95. The quantitative estimate of drug-likeness (QED) is 0.613. The van der Waals surface area contributed by atoms with E-state index in [0.29, 0.717) is 24.2 Å². The minimum absolute atomic E-state index is 0.496. The summed E-state index contributed by atoms with van der Waals surface area (Å²) in [6.07, 6.45) is -1.20. The number of anilines is 1. The van der Waals surface area contributed by atoms with Crippen molar-refractivity contribution in [3.8, 4) is 0 Å². The van der Waals surface area contributed by atoms with Crippen LogP contribution in [0.2, 0.25) is 0 Å². The van der Waals surface area contributed by atoms with Crippen LogP contribution in [0.3, 0.4) is 0 Å². The van der Waals surface area contributed by atoms with E-state index in [9.17, 15) is 10.2 Å². The van der Waals surface area contributed by atoms with Gasteiger partial charge in [0.25, 0.3) is 0 Å². The molecule has 2 atom stereocenters. The molecular formula is C15H20N2O2. The fraction of sp³-hybridized carbons (Fsp3) is 0.333. The van der Waals surface area contributed by atoms with Crippen molar-refractivity contribution in [2.24, 2.45) is 0 Å². The molecule has 0 spiro atoms. The second-order valence-corrected chi connectivity index (χ2v) is 4.69. The molecule has 4 nitrogen and oxygen atoms in total. The molecule has 0 aliphatic rings. The molecule has 0 aliphatic heterocycles. The van der Waals surface area contributed by atoms with E-state index in [2.05, 4.69) is 5.32 Å². The lowest BCUT2D eigenvalue weighted by molar-refractivity contribution is 0.0149. The van der Waals surface area contributed by atoms with Gasteiger partial charge in [-0.05, 0) is 37.0 Å². The van der Waals surface area contributed by atoms with Gasteiger partial charge in [-0.3, -0.25) is 0 Å². The number of aliphatic hydroxyl groups is 2. The van der Waals surface area contributed by atoms with Crippen LogP contribution in [0.1, 0.15) is 18.1 Å². The predicted octanol–water partition coefficient (Wildman–Crippen LogP) is 1.43. The Bertz CT molecular complexity index is 557. The van der Waals surface area contributed by atoms with Crippen molar-refractivity contribution >= 4 is 16.5 Å². The molecule has 0 radical (unpaired) electrons. The Hall–Kier alpha value is -1.62. The van der Waals surface area contributed by atoms with Crippen LogP contribution < -0.4 is 11.1 Å². The van der Waals surface area contributed by atoms with Gasteiger partial charge in [0.15, 0.2) is 0 Å². The average Bonchev–Trinajstić information content (AvgIpc) is 2.45. The summed E-state index contributed by atoms with van der Waals surface area (Å²) >= 11 is 0. The number of hydrogen-bond donors (Lipinski definition) is 4. The molecule has 2 rings (SSSR count). The summed E-state index contributed by atoms with van der Waals surface area (Å²) in [5.41, 5.74) is 7.32. The highest BCUT2D eigenvalue weighted by atomic mass is 16.3. The van der Waals surface area contributed by atoms with Gasteiger partial charge in [0.05, 0.1) is 6.10 Å². The number of rotatable bonds is 5. The number of nitrogen functional groups attached to an aromatic ring is 1. The Kier molecular flexibility index (Phi) is 4.37. The molecule has 0 bridgehead atoms. The maximum Gasteiger partial charge on any atom is 0.105 e. The van der Waals surface area contributed by atoms with Gasteiger partial charge in [-0.1, -0.05) is 30.3 Å². The highest BCUT2D eigenvalue weighted by Gasteiger charge is 2.20. The SMILES string of the molecule is CNCCC(O)C(O)c1ccc(N)c2ccccc12. The summed E-state index contributed by atoms with van der Waals surface area (Å²) in [4.78, 5) is 0. The van der Waals surface area contributed by atoms with Gasteiger partial charge in [-0.2, -0.15) is 0 Å². The third-order valence-corrected chi connectivity index (χ3v) is 3.36. The first kappa shape index (κ1) is 13.8. The Balaban J connectivity index is 2.37. The van der Waals surface area contributed by atoms with Crippen LogP contribution >= 0.6 is 0 Å². The number of aliphatic hydroxyl groups excluding tert-OH is 2. The third kappa shape index (κ3) is 2.87. The number of fused-ring (bicyclic) bond motifs is 1. The molecule has 5 N–H and O–H groups in total. The average molecular weight is 260 g/mol. The van der Waals surface area contributed by atoms with Crippen molar-refractivity contribution < 1.29 is 10.2 Å². The molecule has 0 amide bonds. The minimum Gasteiger partial charge on any atom is -0.398 e. The van der Waals surface area contributed by atoms with Crippen LogP contribution in [0.4, 0.5) is 5.69 Å². The second-order valence-electron chi connectivity index (χ2n) is 4.69. The normalized spacial score (nSPS) is 14.5. The van der Waals surface area contributed by atoms with Gasteiger partial charge in [-0.25, -0.2) is 0 Å². The number of hydrogen-bond acceptors (Lipinski definition) is 4. The molecule has 2 aromatic carbocycles. The molecule has 0 saturated heterocycles. The summed E-state index contributed by atoms with van der Waals surface area (Å²) in [7, 11) is 1.82. The lowest BCUT2D eigenvalue weighted by Crippen LogP contribution is -2.23. The molecule has 4 heteroatoms. The summed E-state index contributed by atoms with van der Waals surface area (Å²) in [5.74, 6) is 0. The maximum atomic E-state index is 10.3. The van der Waals surface area contributed by atoms with Gasteiger partial charge < -0.3 is 21.3 Å². The Morgan fingerprint density at radius 2 is 1.79 bits per heavy atom. The number of nitrogens with two attached hydrogens (primary N) is 1. The molecule has 0 heterocycles. The minimum atomic E-state index is -0.904. The lowest BCUT2D eigenvalue weighted by Gasteiger charge is -2.20. The fourth-order valence-corrected chi connectivity index (χ4v) is 2.26. The van der Waals surface area contributed by atoms with Crippen molar-refractivity contribution in [1.82, 2.24) is 5.32 Å². The van der Waals surface area contributed by atoms with Crippen molar-refractivity contribution in [3.05, 3.63) is 42.0 Å². The van der Waals surface area contributed by atoms with E-state index in [1.54, 1.807) is 12.1 Å². The van der Waals surface area contributed by atoms with Crippen molar-refractivity contribution in [2.75, 3.05) is 19.3 Å². The molecule has 0 saturated carbocycles. The zero-order chi connectivity index (χ0) is 13.8. The van der Waals surface area contributed by atoms with Crippen molar-refractivity contribution in [2.45, 2.75) is 18.6 Å². The Labute approximate surface area is 112 Å². The van der Waals surface area contributed by atoms with E-state index in [1.165, 1.54) is 0 Å². The third-order valence-electron chi connectivity index (χ3n) is 3.36. The predicted molar refractivity (Wildman–Crippen MR) is 77.9 cm³/mol. The summed E-state index contributed by atoms with van der Waals surface area (Å²) < 4.78 is 0. The van der Waals surface area contributed by atoms with Gasteiger partial charge >= 0.3 is 0 Å². The molecular weight excluding hydrogens is 240 g/mol. The van der Waals surface area contributed by atoms with E-state index < -0.39 is 12.2 Å². The van der Waals surface area contributed by atoms with Crippen LogP contribution in [0.25, 0.3) is 10.8 Å². The molecule has 0 aromatic heterocycles. The maximum absolute atomic E-state index is 10.3. The van der Waals surface area contributed by atoms with Gasteiger partial charge in [-0.15, -0.1) is 0 Å². The summed E-state index contributed by atoms with van der Waals surface area (Å²) in [6.45, 7) is 0.658. The van der Waals surface area contributed by atoms with E-state index in [-0.39, 0.29) is 0 Å². The smallest absolute Gasteiger partial charge is 0.105 e. The zero-order valence-corrected chi connectivity index (χ0v) is 11.0. The Morgan fingerprint density at radius 3 is 2.47 bits per heavy atom. The zero-order valence-electron chi connectivity index (χ0n) is 11.0. The van der Waals surface area contributed by atoms with Gasteiger partial charge in [0, 0.05) is 11.1 Å². The highest BCUT2D eigenvalue weighted by molar-refractivity contribution is 5.95. The van der Waals surface area contributed by atoms with Crippen LogP contribution in [-0.2, 0) is 0 Å². The van der Waals surface area contributed by atoms with Crippen LogP contribution in [-0.4, -0.2) is 29.9 Å². The van der Waals surface area contributed by atoms with Crippen molar-refractivity contribution in [3.63, 3.8) is 0 Å². The highest BCUT2D eigenvalue weighted by Crippen LogP contribution is 2.30. The van der Waals surface area contributed by atoms with Crippen LogP contribution in [0, 0.1) is 0 Å². The van der Waals surface area contributed by atoms with E-state index in [1.807, 2.05) is 31.3 Å². The number of nitrogens with one attached hydrogen (secondary N) is 1. The first-order chi connectivity index (χ1) is 9.15. The van der Waals surface area contributed by atoms with E-state index in [4.69, 9.17) is 5.73 Å². The molecule has 0 aliphatic carbocycles. The molecule has 2 unspecified atom stereocenters. The van der Waals surface area contributed by atoms with Crippen molar-refractivity contribution in [1.29, 1.82) is 0 Å². The summed E-state index contributed by atoms with van der Waals surface area (Å²) in [6, 6.07) is 11.2. The summed E-state index contributed by atoms with van der Waals surface area (Å²) in [5, 5.41) is 25.0. The van der Waals surface area contributed by atoms with E-state index >= 15 is 0 Å². The first-order valence-electron chi connectivity index (χ1n) is 6.43. The topological polar surface area (TPSA) is 78.5 Å². The standard InChI is InChI=1S/C15H20N2O2/c1-17-9-8-14(18)15(19)12-6-7-13(16)11-5-3-2-4-10(11)12/h2-7,14-15,17-19H,8-9,16H2,1H3.